The zero-order valence-corrected chi connectivity index (χ0v) is 14.0. The van der Waals surface area contributed by atoms with E-state index in [4.69, 9.17) is 9.47 Å². The molecule has 1 aliphatic heterocycles. The number of hydrogen-bond donors (Lipinski definition) is 2. The first kappa shape index (κ1) is 17.7. The molecule has 1 aliphatic rings. The highest BCUT2D eigenvalue weighted by Crippen LogP contribution is 2.44. The van der Waals surface area contributed by atoms with Gasteiger partial charge in [-0.05, 0) is 18.9 Å². The molecule has 1 aromatic carbocycles. The van der Waals surface area contributed by atoms with Crippen molar-refractivity contribution < 1.29 is 19.7 Å². The van der Waals surface area contributed by atoms with E-state index in [0.717, 1.165) is 18.6 Å². The Morgan fingerprint density at radius 3 is 2.83 bits per heavy atom. The molecule has 0 saturated heterocycles. The molecule has 1 aromatic rings. The Morgan fingerprint density at radius 2 is 2.09 bits per heavy atom. The fourth-order valence-corrected chi connectivity index (χ4v) is 2.93. The van der Waals surface area contributed by atoms with Crippen LogP contribution in [0.3, 0.4) is 0 Å². The molecule has 1 heterocycles. The van der Waals surface area contributed by atoms with Gasteiger partial charge in [0, 0.05) is 24.2 Å². The van der Waals surface area contributed by atoms with Crippen molar-refractivity contribution in [2.45, 2.75) is 58.0 Å². The maximum absolute atomic E-state index is 10.3. The smallest absolute Gasteiger partial charge is 0.165 e. The Bertz CT molecular complexity index is 525. The van der Waals surface area contributed by atoms with Crippen LogP contribution in [0.25, 0.3) is 0 Å². The molecule has 0 fully saturated rings. The van der Waals surface area contributed by atoms with Crippen molar-refractivity contribution >= 4 is 0 Å². The van der Waals surface area contributed by atoms with E-state index < -0.39 is 0 Å². The summed E-state index contributed by atoms with van der Waals surface area (Å²) >= 11 is 0. The quantitative estimate of drug-likeness (QED) is 0.503. The first-order valence-electron chi connectivity index (χ1n) is 8.59. The van der Waals surface area contributed by atoms with Crippen LogP contribution in [0.2, 0.25) is 0 Å². The van der Waals surface area contributed by atoms with Crippen molar-refractivity contribution in [2.24, 2.45) is 0 Å². The number of unbranched alkanes of at least 4 members (excludes halogenated alkanes) is 4. The van der Waals surface area contributed by atoms with Crippen molar-refractivity contribution in [2.75, 3.05) is 13.2 Å². The number of ether oxygens (including phenoxy) is 2. The van der Waals surface area contributed by atoms with E-state index in [-0.39, 0.29) is 17.6 Å². The van der Waals surface area contributed by atoms with E-state index in [2.05, 4.69) is 13.5 Å². The van der Waals surface area contributed by atoms with Gasteiger partial charge in [-0.25, -0.2) is 0 Å². The lowest BCUT2D eigenvalue weighted by Gasteiger charge is -2.12. The Balaban J connectivity index is 1.80. The van der Waals surface area contributed by atoms with Crippen molar-refractivity contribution in [1.29, 1.82) is 0 Å². The monoisotopic (exact) mass is 320 g/mol. The normalized spacial score (nSPS) is 16.1. The van der Waals surface area contributed by atoms with E-state index in [0.29, 0.717) is 30.8 Å². The Kier molecular flexibility index (Phi) is 6.78. The summed E-state index contributed by atoms with van der Waals surface area (Å²) in [6.45, 7) is 7.11. The Morgan fingerprint density at radius 1 is 1.30 bits per heavy atom. The summed E-state index contributed by atoms with van der Waals surface area (Å²) in [6, 6.07) is 1.68. The summed E-state index contributed by atoms with van der Waals surface area (Å²) in [5, 5.41) is 20.3. The number of fused-ring (bicyclic) bond motifs is 1. The van der Waals surface area contributed by atoms with E-state index >= 15 is 0 Å². The average molecular weight is 320 g/mol. The molecule has 0 saturated carbocycles. The predicted octanol–water partition coefficient (Wildman–Crippen LogP) is 4.12. The minimum absolute atomic E-state index is 0.0296. The molecule has 0 aliphatic carbocycles. The molecule has 1 unspecified atom stereocenters. The maximum atomic E-state index is 10.3. The van der Waals surface area contributed by atoms with Crippen LogP contribution in [-0.2, 0) is 17.6 Å². The highest BCUT2D eigenvalue weighted by molar-refractivity contribution is 5.59. The maximum Gasteiger partial charge on any atom is 0.165 e. The summed E-state index contributed by atoms with van der Waals surface area (Å²) < 4.78 is 11.5. The molecule has 128 valence electrons. The molecule has 0 amide bonds. The number of hydrogen-bond acceptors (Lipinski definition) is 4. The van der Waals surface area contributed by atoms with E-state index in [1.54, 1.807) is 12.1 Å². The Labute approximate surface area is 138 Å². The number of aromatic hydroxyl groups is 2. The van der Waals surface area contributed by atoms with Crippen molar-refractivity contribution in [1.82, 2.24) is 0 Å². The molecule has 0 aromatic heterocycles. The first-order chi connectivity index (χ1) is 11.2. The highest BCUT2D eigenvalue weighted by Gasteiger charge is 2.28. The molecule has 0 spiro atoms. The third kappa shape index (κ3) is 4.64. The lowest BCUT2D eigenvalue weighted by atomic mass is 10.0. The van der Waals surface area contributed by atoms with Gasteiger partial charge in [-0.1, -0.05) is 38.7 Å². The molecular formula is C19H28O4. The zero-order valence-electron chi connectivity index (χ0n) is 14.0. The molecule has 2 rings (SSSR count). The van der Waals surface area contributed by atoms with Gasteiger partial charge in [0.15, 0.2) is 11.5 Å². The summed E-state index contributed by atoms with van der Waals surface area (Å²) in [5.74, 6) is 0.611. The topological polar surface area (TPSA) is 58.9 Å². The van der Waals surface area contributed by atoms with Crippen LogP contribution in [0, 0.1) is 0 Å². The van der Waals surface area contributed by atoms with Gasteiger partial charge in [0.1, 0.15) is 11.9 Å². The predicted molar refractivity (Wildman–Crippen MR) is 91.4 cm³/mol. The van der Waals surface area contributed by atoms with Crippen LogP contribution >= 0.6 is 0 Å². The van der Waals surface area contributed by atoms with Crippen LogP contribution in [0.4, 0.5) is 0 Å². The van der Waals surface area contributed by atoms with Gasteiger partial charge in [-0.3, -0.25) is 0 Å². The molecule has 4 heteroatoms. The first-order valence-corrected chi connectivity index (χ1v) is 8.59. The summed E-state index contributed by atoms with van der Waals surface area (Å²) in [5.41, 5.74) is 1.31. The third-order valence-corrected chi connectivity index (χ3v) is 4.19. The van der Waals surface area contributed by atoms with E-state index in [1.165, 1.54) is 25.7 Å². The highest BCUT2D eigenvalue weighted by atomic mass is 16.5. The SMILES string of the molecule is C=CCc1c(O)cc2c(c1O)OC(COCCCCCCC)C2. The fourth-order valence-electron chi connectivity index (χ4n) is 2.93. The van der Waals surface area contributed by atoms with Crippen LogP contribution in [-0.4, -0.2) is 29.5 Å². The van der Waals surface area contributed by atoms with Gasteiger partial charge in [0.25, 0.3) is 0 Å². The van der Waals surface area contributed by atoms with Gasteiger partial charge in [-0.2, -0.15) is 0 Å². The van der Waals surface area contributed by atoms with Gasteiger partial charge < -0.3 is 19.7 Å². The van der Waals surface area contributed by atoms with Gasteiger partial charge in [0.05, 0.1) is 6.61 Å². The van der Waals surface area contributed by atoms with Crippen LogP contribution in [0.5, 0.6) is 17.2 Å². The summed E-state index contributed by atoms with van der Waals surface area (Å²) in [4.78, 5) is 0. The molecule has 4 nitrogen and oxygen atoms in total. The standard InChI is InChI=1S/C19H28O4/c1-3-5-6-7-8-10-22-13-15-11-14-12-17(20)16(9-4-2)18(21)19(14)23-15/h4,12,15,20-21H,2-3,5-11,13H2,1H3. The molecule has 1 atom stereocenters. The average Bonchev–Trinajstić information content (AvgIpc) is 2.93. The van der Waals surface area contributed by atoms with Crippen molar-refractivity contribution in [3.8, 4) is 17.2 Å². The minimum Gasteiger partial charge on any atom is -0.508 e. The number of allylic oxidation sites excluding steroid dienone is 1. The fraction of sp³-hybridized carbons (Fsp3) is 0.579. The molecule has 2 N–H and O–H groups in total. The van der Waals surface area contributed by atoms with E-state index in [1.807, 2.05) is 0 Å². The van der Waals surface area contributed by atoms with Crippen LogP contribution in [0.1, 0.15) is 50.2 Å². The minimum atomic E-state index is -0.0927. The number of phenolic OH excluding ortho intramolecular Hbond substituents is 2. The zero-order chi connectivity index (χ0) is 16.7. The van der Waals surface area contributed by atoms with Crippen LogP contribution in [0.15, 0.2) is 18.7 Å². The van der Waals surface area contributed by atoms with Crippen molar-refractivity contribution in [3.05, 3.63) is 29.8 Å². The lowest BCUT2D eigenvalue weighted by Crippen LogP contribution is -2.20. The summed E-state index contributed by atoms with van der Waals surface area (Å²) in [7, 11) is 0. The molecule has 23 heavy (non-hydrogen) atoms. The van der Waals surface area contributed by atoms with E-state index in [9.17, 15) is 10.2 Å². The number of benzene rings is 1. The third-order valence-electron chi connectivity index (χ3n) is 4.19. The molecule has 0 radical (unpaired) electrons. The van der Waals surface area contributed by atoms with Gasteiger partial charge in [-0.15, -0.1) is 6.58 Å². The second-order valence-corrected chi connectivity index (χ2v) is 6.14. The summed E-state index contributed by atoms with van der Waals surface area (Å²) in [6.07, 6.45) is 8.71. The number of phenols is 2. The van der Waals surface area contributed by atoms with Gasteiger partial charge in [0.2, 0.25) is 0 Å². The second kappa shape index (κ2) is 8.82. The Hall–Kier alpha value is -1.68. The van der Waals surface area contributed by atoms with Gasteiger partial charge >= 0.3 is 0 Å². The lowest BCUT2D eigenvalue weighted by molar-refractivity contribution is 0.0575. The second-order valence-electron chi connectivity index (χ2n) is 6.14. The number of rotatable bonds is 10. The molecular weight excluding hydrogens is 292 g/mol. The van der Waals surface area contributed by atoms with Crippen molar-refractivity contribution in [3.63, 3.8) is 0 Å². The van der Waals surface area contributed by atoms with Crippen LogP contribution < -0.4 is 4.74 Å². The molecule has 0 bridgehead atoms. The largest absolute Gasteiger partial charge is 0.508 e.